The van der Waals surface area contributed by atoms with E-state index < -0.39 is 11.9 Å². The number of ether oxygens (including phenoxy) is 2. The molecule has 1 aromatic carbocycles. The van der Waals surface area contributed by atoms with Gasteiger partial charge in [-0.2, -0.15) is 0 Å². The van der Waals surface area contributed by atoms with Gasteiger partial charge in [-0.25, -0.2) is 4.79 Å². The summed E-state index contributed by atoms with van der Waals surface area (Å²) in [6, 6.07) is 5.17. The number of anilines is 1. The van der Waals surface area contributed by atoms with Crippen molar-refractivity contribution in [3.05, 3.63) is 18.2 Å². The first-order valence-corrected chi connectivity index (χ1v) is 4.88. The Balaban J connectivity index is 2.45. The minimum absolute atomic E-state index is 0.470. The zero-order valence-corrected chi connectivity index (χ0v) is 9.35. The minimum Gasteiger partial charge on any atom is -0.465 e. The second kappa shape index (κ2) is 3.30. The van der Waals surface area contributed by atoms with Gasteiger partial charge in [0.1, 0.15) is 0 Å². The van der Waals surface area contributed by atoms with Crippen molar-refractivity contribution in [3.63, 3.8) is 0 Å². The van der Waals surface area contributed by atoms with E-state index in [1.807, 2.05) is 0 Å². The monoisotopic (exact) mass is 223 g/mol. The summed E-state index contributed by atoms with van der Waals surface area (Å²) < 4.78 is 11.1. The van der Waals surface area contributed by atoms with Crippen LogP contribution in [0.4, 0.5) is 10.5 Å². The highest BCUT2D eigenvalue weighted by atomic mass is 16.7. The highest BCUT2D eigenvalue weighted by molar-refractivity contribution is 5.88. The number of amides is 1. The number of para-hydroxylation sites is 1. The van der Waals surface area contributed by atoms with E-state index in [-0.39, 0.29) is 0 Å². The van der Waals surface area contributed by atoms with Crippen molar-refractivity contribution in [2.45, 2.75) is 19.6 Å². The van der Waals surface area contributed by atoms with E-state index in [2.05, 4.69) is 0 Å². The molecule has 0 saturated heterocycles. The first kappa shape index (κ1) is 10.6. The molecule has 1 heterocycles. The SMILES string of the molecule is CN(C(=O)O)c1cccc2c1OC(C)(C)O2. The standard InChI is InChI=1S/C11H13NO4/c1-11(2)15-8-6-4-5-7(9(8)16-11)12(3)10(13)14/h4-6H,1-3H3,(H,13,14). The second-order valence-electron chi connectivity index (χ2n) is 4.05. The average Bonchev–Trinajstić information content (AvgIpc) is 2.49. The molecule has 1 aromatic rings. The topological polar surface area (TPSA) is 59.0 Å². The highest BCUT2D eigenvalue weighted by Crippen LogP contribution is 2.45. The van der Waals surface area contributed by atoms with Gasteiger partial charge in [0.25, 0.3) is 0 Å². The summed E-state index contributed by atoms with van der Waals surface area (Å²) in [5.41, 5.74) is 0.482. The van der Waals surface area contributed by atoms with Crippen LogP contribution in [-0.4, -0.2) is 24.0 Å². The van der Waals surface area contributed by atoms with Crippen LogP contribution in [0.3, 0.4) is 0 Å². The lowest BCUT2D eigenvalue weighted by Gasteiger charge is -2.18. The predicted molar refractivity (Wildman–Crippen MR) is 58.2 cm³/mol. The molecule has 0 fully saturated rings. The summed E-state index contributed by atoms with van der Waals surface area (Å²) >= 11 is 0. The van der Waals surface area contributed by atoms with Gasteiger partial charge in [-0.3, -0.25) is 4.90 Å². The Hall–Kier alpha value is -1.91. The molecule has 1 N–H and O–H groups in total. The minimum atomic E-state index is -1.04. The van der Waals surface area contributed by atoms with Crippen LogP contribution >= 0.6 is 0 Å². The van der Waals surface area contributed by atoms with E-state index >= 15 is 0 Å². The van der Waals surface area contributed by atoms with Gasteiger partial charge >= 0.3 is 6.09 Å². The van der Waals surface area contributed by atoms with Crippen LogP contribution in [0.15, 0.2) is 18.2 Å². The molecule has 1 aliphatic heterocycles. The predicted octanol–water partition coefficient (Wildman–Crippen LogP) is 2.31. The summed E-state index contributed by atoms with van der Waals surface area (Å²) in [5, 5.41) is 8.93. The van der Waals surface area contributed by atoms with Gasteiger partial charge in [0, 0.05) is 20.9 Å². The lowest BCUT2D eigenvalue weighted by Crippen LogP contribution is -2.30. The van der Waals surface area contributed by atoms with E-state index in [1.54, 1.807) is 32.0 Å². The quantitative estimate of drug-likeness (QED) is 0.793. The summed E-state index contributed by atoms with van der Waals surface area (Å²) in [4.78, 5) is 12.0. The molecule has 16 heavy (non-hydrogen) atoms. The lowest BCUT2D eigenvalue weighted by atomic mass is 10.2. The van der Waals surface area contributed by atoms with E-state index in [0.29, 0.717) is 17.2 Å². The maximum absolute atomic E-state index is 10.9. The Morgan fingerprint density at radius 3 is 2.69 bits per heavy atom. The molecule has 0 aliphatic carbocycles. The third-order valence-electron chi connectivity index (χ3n) is 2.31. The van der Waals surface area contributed by atoms with Crippen molar-refractivity contribution >= 4 is 11.8 Å². The fraction of sp³-hybridized carbons (Fsp3) is 0.364. The van der Waals surface area contributed by atoms with Gasteiger partial charge in [0.05, 0.1) is 5.69 Å². The Labute approximate surface area is 93.2 Å². The van der Waals surface area contributed by atoms with Crippen molar-refractivity contribution in [3.8, 4) is 11.5 Å². The first-order chi connectivity index (χ1) is 7.41. The Bertz CT molecular complexity index is 442. The average molecular weight is 223 g/mol. The number of hydrogen-bond donors (Lipinski definition) is 1. The van der Waals surface area contributed by atoms with Gasteiger partial charge in [0.15, 0.2) is 11.5 Å². The third kappa shape index (κ3) is 1.64. The van der Waals surface area contributed by atoms with Gasteiger partial charge in [0.2, 0.25) is 5.79 Å². The fourth-order valence-electron chi connectivity index (χ4n) is 1.59. The molecule has 2 rings (SSSR count). The van der Waals surface area contributed by atoms with Gasteiger partial charge in [-0.1, -0.05) is 6.07 Å². The van der Waals surface area contributed by atoms with Crippen LogP contribution in [0.25, 0.3) is 0 Å². The van der Waals surface area contributed by atoms with Crippen molar-refractivity contribution in [1.29, 1.82) is 0 Å². The largest absolute Gasteiger partial charge is 0.465 e. The molecule has 1 aliphatic rings. The first-order valence-electron chi connectivity index (χ1n) is 4.88. The molecule has 0 saturated carbocycles. The van der Waals surface area contributed by atoms with Crippen molar-refractivity contribution in [1.82, 2.24) is 0 Å². The summed E-state index contributed by atoms with van der Waals surface area (Å²) in [6.07, 6.45) is -1.04. The number of rotatable bonds is 1. The number of fused-ring (bicyclic) bond motifs is 1. The molecule has 0 spiro atoms. The highest BCUT2D eigenvalue weighted by Gasteiger charge is 2.34. The molecule has 86 valence electrons. The maximum Gasteiger partial charge on any atom is 0.411 e. The van der Waals surface area contributed by atoms with Crippen LogP contribution in [0.5, 0.6) is 11.5 Å². The Morgan fingerprint density at radius 2 is 2.06 bits per heavy atom. The number of benzene rings is 1. The normalized spacial score (nSPS) is 15.9. The van der Waals surface area contributed by atoms with Crippen molar-refractivity contribution in [2.24, 2.45) is 0 Å². The van der Waals surface area contributed by atoms with Crippen LogP contribution < -0.4 is 14.4 Å². The van der Waals surface area contributed by atoms with Crippen LogP contribution in [0.2, 0.25) is 0 Å². The molecule has 1 amide bonds. The van der Waals surface area contributed by atoms with E-state index in [4.69, 9.17) is 14.6 Å². The van der Waals surface area contributed by atoms with Crippen LogP contribution in [-0.2, 0) is 0 Å². The molecular formula is C11H13NO4. The summed E-state index contributed by atoms with van der Waals surface area (Å²) in [7, 11) is 1.46. The zero-order valence-electron chi connectivity index (χ0n) is 9.35. The summed E-state index contributed by atoms with van der Waals surface area (Å²) in [6.45, 7) is 3.55. The molecular weight excluding hydrogens is 210 g/mol. The van der Waals surface area contributed by atoms with E-state index in [1.165, 1.54) is 7.05 Å². The summed E-state index contributed by atoms with van der Waals surface area (Å²) in [5.74, 6) is 0.283. The number of carboxylic acid groups (broad SMARTS) is 1. The molecule has 0 bridgehead atoms. The second-order valence-corrected chi connectivity index (χ2v) is 4.05. The van der Waals surface area contributed by atoms with Crippen molar-refractivity contribution < 1.29 is 19.4 Å². The smallest absolute Gasteiger partial charge is 0.411 e. The van der Waals surface area contributed by atoms with E-state index in [0.717, 1.165) is 4.90 Å². The molecule has 0 atom stereocenters. The van der Waals surface area contributed by atoms with Crippen LogP contribution in [0, 0.1) is 0 Å². The number of nitrogens with zero attached hydrogens (tertiary/aromatic N) is 1. The molecule has 5 nitrogen and oxygen atoms in total. The zero-order chi connectivity index (χ0) is 11.9. The van der Waals surface area contributed by atoms with Gasteiger partial charge in [-0.05, 0) is 12.1 Å². The van der Waals surface area contributed by atoms with Crippen LogP contribution in [0.1, 0.15) is 13.8 Å². The molecule has 0 radical (unpaired) electrons. The number of hydrogen-bond acceptors (Lipinski definition) is 3. The molecule has 5 heteroatoms. The number of carbonyl (C=O) groups is 1. The fourth-order valence-corrected chi connectivity index (χ4v) is 1.59. The third-order valence-corrected chi connectivity index (χ3v) is 2.31. The van der Waals surface area contributed by atoms with Gasteiger partial charge in [-0.15, -0.1) is 0 Å². The molecule has 0 unspecified atom stereocenters. The lowest BCUT2D eigenvalue weighted by molar-refractivity contribution is -0.0429. The maximum atomic E-state index is 10.9. The molecule has 0 aromatic heterocycles. The van der Waals surface area contributed by atoms with Gasteiger partial charge < -0.3 is 14.6 Å². The Kier molecular flexibility index (Phi) is 2.18. The van der Waals surface area contributed by atoms with E-state index in [9.17, 15) is 4.79 Å². The Morgan fingerprint density at radius 1 is 1.38 bits per heavy atom. The van der Waals surface area contributed by atoms with Crippen molar-refractivity contribution in [2.75, 3.05) is 11.9 Å².